The predicted molar refractivity (Wildman–Crippen MR) is 87.6 cm³/mol. The van der Waals surface area contributed by atoms with E-state index >= 15 is 0 Å². The van der Waals surface area contributed by atoms with Crippen molar-refractivity contribution in [1.29, 1.82) is 0 Å². The summed E-state index contributed by atoms with van der Waals surface area (Å²) in [6.45, 7) is 3.11. The maximum Gasteiger partial charge on any atom is 0.0594 e. The Balaban J connectivity index is 1.72. The first kappa shape index (κ1) is 15.1. The molecule has 0 aromatic heterocycles. The Morgan fingerprint density at radius 1 is 1.05 bits per heavy atom. The molecule has 116 valence electrons. The summed E-state index contributed by atoms with van der Waals surface area (Å²) in [5, 5.41) is 3.51. The van der Waals surface area contributed by atoms with E-state index in [1.165, 1.54) is 37.7 Å². The van der Waals surface area contributed by atoms with Gasteiger partial charge in [-0.3, -0.25) is 0 Å². The van der Waals surface area contributed by atoms with Crippen molar-refractivity contribution in [2.45, 2.75) is 63.5 Å². The second-order valence-electron chi connectivity index (χ2n) is 6.80. The van der Waals surface area contributed by atoms with Crippen LogP contribution < -0.4 is 5.32 Å². The zero-order chi connectivity index (χ0) is 14.7. The minimum absolute atomic E-state index is 0.362. The van der Waals surface area contributed by atoms with Gasteiger partial charge in [-0.25, -0.2) is 0 Å². The average Bonchev–Trinajstić information content (AvgIpc) is 2.96. The number of benzene rings is 1. The maximum atomic E-state index is 5.75. The van der Waals surface area contributed by atoms with Crippen molar-refractivity contribution in [3.63, 3.8) is 0 Å². The molecule has 1 N–H and O–H groups in total. The average molecular weight is 287 g/mol. The van der Waals surface area contributed by atoms with Crippen molar-refractivity contribution in [2.24, 2.45) is 5.92 Å². The molecule has 2 aliphatic rings. The lowest BCUT2D eigenvalue weighted by atomic mass is 9.82. The molecule has 1 aromatic carbocycles. The van der Waals surface area contributed by atoms with Gasteiger partial charge in [0.15, 0.2) is 0 Å². The van der Waals surface area contributed by atoms with Crippen molar-refractivity contribution >= 4 is 0 Å². The summed E-state index contributed by atoms with van der Waals surface area (Å²) in [5.74, 6) is 1.39. The van der Waals surface area contributed by atoms with Crippen molar-refractivity contribution in [1.82, 2.24) is 5.32 Å². The third-order valence-corrected chi connectivity index (χ3v) is 5.55. The monoisotopic (exact) mass is 287 g/mol. The minimum Gasteiger partial charge on any atom is -0.378 e. The van der Waals surface area contributed by atoms with Crippen LogP contribution in [0.4, 0.5) is 0 Å². The molecule has 21 heavy (non-hydrogen) atoms. The first-order chi connectivity index (χ1) is 10.3. The molecule has 2 fully saturated rings. The highest BCUT2D eigenvalue weighted by molar-refractivity contribution is 5.28. The van der Waals surface area contributed by atoms with Gasteiger partial charge in [0.25, 0.3) is 0 Å². The van der Waals surface area contributed by atoms with Crippen LogP contribution in [-0.4, -0.2) is 19.8 Å². The van der Waals surface area contributed by atoms with E-state index in [4.69, 9.17) is 4.74 Å². The third kappa shape index (κ3) is 3.32. The largest absolute Gasteiger partial charge is 0.378 e. The van der Waals surface area contributed by atoms with Crippen LogP contribution in [0.25, 0.3) is 0 Å². The van der Waals surface area contributed by atoms with Crippen LogP contribution >= 0.6 is 0 Å². The first-order valence-corrected chi connectivity index (χ1v) is 8.68. The molecule has 3 rings (SSSR count). The summed E-state index contributed by atoms with van der Waals surface area (Å²) in [7, 11) is 2.07. The molecule has 0 amide bonds. The molecule has 1 heterocycles. The number of rotatable bonds is 4. The Kier molecular flexibility index (Phi) is 4.97. The fraction of sp³-hybridized carbons (Fsp3) is 0.684. The highest BCUT2D eigenvalue weighted by Crippen LogP contribution is 2.36. The molecule has 0 bridgehead atoms. The van der Waals surface area contributed by atoms with E-state index in [9.17, 15) is 0 Å². The van der Waals surface area contributed by atoms with Crippen LogP contribution in [0.15, 0.2) is 24.3 Å². The van der Waals surface area contributed by atoms with Crippen molar-refractivity contribution < 1.29 is 4.74 Å². The number of hydrogen-bond donors (Lipinski definition) is 1. The Morgan fingerprint density at radius 2 is 1.76 bits per heavy atom. The van der Waals surface area contributed by atoms with Gasteiger partial charge in [-0.05, 0) is 50.3 Å². The quantitative estimate of drug-likeness (QED) is 0.885. The van der Waals surface area contributed by atoms with E-state index in [-0.39, 0.29) is 0 Å². The molecule has 3 atom stereocenters. The molecule has 2 heteroatoms. The van der Waals surface area contributed by atoms with E-state index in [0.717, 1.165) is 18.9 Å². The molecule has 3 unspecified atom stereocenters. The molecule has 0 radical (unpaired) electrons. The fourth-order valence-electron chi connectivity index (χ4n) is 4.23. The topological polar surface area (TPSA) is 21.3 Å². The molecule has 1 aliphatic heterocycles. The molecule has 1 aromatic rings. The SMILES string of the molecule is CNC(c1ccc(C2CCCCC2)cc1)C1CCOC1C. The van der Waals surface area contributed by atoms with Crippen molar-refractivity contribution in [3.8, 4) is 0 Å². The summed E-state index contributed by atoms with van der Waals surface area (Å²) in [4.78, 5) is 0. The Morgan fingerprint density at radius 3 is 2.33 bits per heavy atom. The van der Waals surface area contributed by atoms with E-state index in [2.05, 4.69) is 43.6 Å². The smallest absolute Gasteiger partial charge is 0.0594 e. The molecule has 1 saturated carbocycles. The number of hydrogen-bond acceptors (Lipinski definition) is 2. The summed E-state index contributed by atoms with van der Waals surface area (Å²) < 4.78 is 5.75. The van der Waals surface area contributed by atoms with Gasteiger partial charge in [-0.2, -0.15) is 0 Å². The van der Waals surface area contributed by atoms with E-state index < -0.39 is 0 Å². The highest BCUT2D eigenvalue weighted by Gasteiger charge is 2.32. The molecule has 0 spiro atoms. The van der Waals surface area contributed by atoms with Gasteiger partial charge in [0.2, 0.25) is 0 Å². The normalized spacial score (nSPS) is 28.7. The van der Waals surface area contributed by atoms with Crippen LogP contribution in [-0.2, 0) is 4.74 Å². The van der Waals surface area contributed by atoms with Gasteiger partial charge in [0, 0.05) is 18.6 Å². The van der Waals surface area contributed by atoms with Crippen molar-refractivity contribution in [2.75, 3.05) is 13.7 Å². The summed E-state index contributed by atoms with van der Waals surface area (Å²) in [5.41, 5.74) is 2.96. The van der Waals surface area contributed by atoms with Crippen LogP contribution in [0, 0.1) is 5.92 Å². The molecule has 1 saturated heterocycles. The van der Waals surface area contributed by atoms with Gasteiger partial charge in [0.05, 0.1) is 6.10 Å². The zero-order valence-corrected chi connectivity index (χ0v) is 13.5. The second-order valence-corrected chi connectivity index (χ2v) is 6.80. The van der Waals surface area contributed by atoms with Gasteiger partial charge in [-0.1, -0.05) is 43.5 Å². The summed E-state index contributed by atoms with van der Waals surface area (Å²) in [6, 6.07) is 9.85. The van der Waals surface area contributed by atoms with E-state index in [0.29, 0.717) is 18.1 Å². The predicted octanol–water partition coefficient (Wildman–Crippen LogP) is 4.42. The van der Waals surface area contributed by atoms with Crippen molar-refractivity contribution in [3.05, 3.63) is 35.4 Å². The standard InChI is InChI=1S/C19H29NO/c1-14-18(12-13-21-14)19(20-2)17-10-8-16(9-11-17)15-6-4-3-5-7-15/h8-11,14-15,18-20H,3-7,12-13H2,1-2H3. The maximum absolute atomic E-state index is 5.75. The summed E-state index contributed by atoms with van der Waals surface area (Å²) in [6.07, 6.45) is 8.52. The lowest BCUT2D eigenvalue weighted by molar-refractivity contribution is 0.0963. The summed E-state index contributed by atoms with van der Waals surface area (Å²) >= 11 is 0. The minimum atomic E-state index is 0.362. The van der Waals surface area contributed by atoms with Gasteiger partial charge in [0.1, 0.15) is 0 Å². The lowest BCUT2D eigenvalue weighted by Crippen LogP contribution is -2.29. The molecular formula is C19H29NO. The van der Waals surface area contributed by atoms with Gasteiger partial charge < -0.3 is 10.1 Å². The molecule has 2 nitrogen and oxygen atoms in total. The second kappa shape index (κ2) is 6.93. The van der Waals surface area contributed by atoms with Crippen LogP contribution in [0.5, 0.6) is 0 Å². The number of nitrogens with one attached hydrogen (secondary N) is 1. The van der Waals surface area contributed by atoms with Crippen LogP contribution in [0.1, 0.15) is 68.5 Å². The lowest BCUT2D eigenvalue weighted by Gasteiger charge is -2.27. The highest BCUT2D eigenvalue weighted by atomic mass is 16.5. The third-order valence-electron chi connectivity index (χ3n) is 5.55. The Bertz CT molecular complexity index is 435. The number of ether oxygens (including phenoxy) is 1. The molecule has 1 aliphatic carbocycles. The Hall–Kier alpha value is -0.860. The van der Waals surface area contributed by atoms with E-state index in [1.807, 2.05) is 0 Å². The fourth-order valence-corrected chi connectivity index (χ4v) is 4.23. The Labute approximate surface area is 129 Å². The van der Waals surface area contributed by atoms with Crippen LogP contribution in [0.2, 0.25) is 0 Å². The van der Waals surface area contributed by atoms with Gasteiger partial charge >= 0.3 is 0 Å². The van der Waals surface area contributed by atoms with E-state index in [1.54, 1.807) is 5.56 Å². The first-order valence-electron chi connectivity index (χ1n) is 8.68. The van der Waals surface area contributed by atoms with Crippen LogP contribution in [0.3, 0.4) is 0 Å². The zero-order valence-electron chi connectivity index (χ0n) is 13.5. The van der Waals surface area contributed by atoms with Gasteiger partial charge in [-0.15, -0.1) is 0 Å². The molecular weight excluding hydrogens is 258 g/mol.